The molecule has 0 atom stereocenters. The van der Waals surface area contributed by atoms with Gasteiger partial charge < -0.3 is 4.90 Å². The first-order valence-corrected chi connectivity index (χ1v) is 22.6. The molecule has 13 rings (SSSR count). The number of anilines is 3. The summed E-state index contributed by atoms with van der Waals surface area (Å²) >= 11 is 0. The molecular formula is C62H43N3. The third kappa shape index (κ3) is 5.49. The average molecular weight is 830 g/mol. The van der Waals surface area contributed by atoms with Gasteiger partial charge in [-0.2, -0.15) is 0 Å². The van der Waals surface area contributed by atoms with Crippen molar-refractivity contribution in [1.29, 1.82) is 0 Å². The molecule has 0 amide bonds. The molecule has 3 nitrogen and oxygen atoms in total. The Balaban J connectivity index is 0.932. The fourth-order valence-corrected chi connectivity index (χ4v) is 11.3. The van der Waals surface area contributed by atoms with E-state index >= 15 is 0 Å². The highest BCUT2D eigenvalue weighted by atomic mass is 15.2. The van der Waals surface area contributed by atoms with Crippen molar-refractivity contribution in [2.24, 2.45) is 0 Å². The molecule has 10 aromatic rings. The summed E-state index contributed by atoms with van der Waals surface area (Å²) in [7, 11) is 0. The first-order chi connectivity index (χ1) is 32.0. The van der Waals surface area contributed by atoms with Crippen LogP contribution in [0.25, 0.3) is 67.3 Å². The van der Waals surface area contributed by atoms with Crippen molar-refractivity contribution in [1.82, 2.24) is 9.97 Å². The standard InChI is InChI=1S/C62H43N3/c1-61(2)50-23-11-9-21-46(50)48-36-34-44(38-54(48)61)60-63-56(41-17-5-3-6-18-41)39-57(64-60)42-31-29-40(30-32-42)43-33-35-49-47-22-10-12-24-51(47)62(55(49)37-43)52-25-13-15-27-58(52)65(45-19-7-4-8-20-45)59-28-16-14-26-53(59)62/h3-39H,1-2H3. The summed E-state index contributed by atoms with van der Waals surface area (Å²) in [6.45, 7) is 4.64. The lowest BCUT2D eigenvalue weighted by atomic mass is 9.64. The van der Waals surface area contributed by atoms with Crippen molar-refractivity contribution in [3.8, 4) is 67.3 Å². The van der Waals surface area contributed by atoms with E-state index in [1.807, 2.05) is 0 Å². The van der Waals surface area contributed by atoms with Gasteiger partial charge in [0.15, 0.2) is 5.82 Å². The van der Waals surface area contributed by atoms with Crippen molar-refractivity contribution in [2.45, 2.75) is 24.7 Å². The van der Waals surface area contributed by atoms with E-state index < -0.39 is 5.41 Å². The molecular weight excluding hydrogens is 787 g/mol. The molecule has 3 heteroatoms. The van der Waals surface area contributed by atoms with Crippen LogP contribution in [0.15, 0.2) is 224 Å². The van der Waals surface area contributed by atoms with Crippen molar-refractivity contribution in [3.05, 3.63) is 258 Å². The topological polar surface area (TPSA) is 29.0 Å². The van der Waals surface area contributed by atoms with Crippen LogP contribution >= 0.6 is 0 Å². The van der Waals surface area contributed by atoms with Gasteiger partial charge in [0, 0.05) is 27.8 Å². The van der Waals surface area contributed by atoms with Crippen molar-refractivity contribution < 1.29 is 0 Å². The molecule has 1 spiro atoms. The predicted octanol–water partition coefficient (Wildman–Crippen LogP) is 15.6. The second-order valence-corrected chi connectivity index (χ2v) is 18.1. The average Bonchev–Trinajstić information content (AvgIpc) is 3.79. The molecule has 2 heterocycles. The summed E-state index contributed by atoms with van der Waals surface area (Å²) in [5.41, 5.74) is 23.2. The highest BCUT2D eigenvalue weighted by Gasteiger charge is 2.51. The molecule has 0 bridgehead atoms. The maximum atomic E-state index is 5.31. The van der Waals surface area contributed by atoms with Crippen LogP contribution in [-0.4, -0.2) is 9.97 Å². The van der Waals surface area contributed by atoms with Crippen LogP contribution in [0.4, 0.5) is 17.1 Å². The lowest BCUT2D eigenvalue weighted by molar-refractivity contribution is 0.660. The molecule has 2 aliphatic carbocycles. The molecule has 0 saturated carbocycles. The summed E-state index contributed by atoms with van der Waals surface area (Å²) < 4.78 is 0. The van der Waals surface area contributed by atoms with Gasteiger partial charge in [-0.1, -0.05) is 196 Å². The zero-order chi connectivity index (χ0) is 43.3. The van der Waals surface area contributed by atoms with Crippen LogP contribution in [0.5, 0.6) is 0 Å². The van der Waals surface area contributed by atoms with Gasteiger partial charge >= 0.3 is 0 Å². The van der Waals surface area contributed by atoms with E-state index in [1.165, 1.54) is 72.6 Å². The van der Waals surface area contributed by atoms with Crippen LogP contribution in [0.1, 0.15) is 47.2 Å². The van der Waals surface area contributed by atoms with Crippen LogP contribution in [0.3, 0.4) is 0 Å². The zero-order valence-electron chi connectivity index (χ0n) is 36.2. The molecule has 0 unspecified atom stereocenters. The fourth-order valence-electron chi connectivity index (χ4n) is 11.3. The van der Waals surface area contributed by atoms with E-state index in [0.29, 0.717) is 0 Å². The molecule has 0 radical (unpaired) electrons. The number of fused-ring (bicyclic) bond motifs is 12. The van der Waals surface area contributed by atoms with Crippen LogP contribution in [0.2, 0.25) is 0 Å². The highest BCUT2D eigenvalue weighted by molar-refractivity contribution is 5.96. The van der Waals surface area contributed by atoms with E-state index in [2.05, 4.69) is 243 Å². The summed E-state index contributed by atoms with van der Waals surface area (Å²) in [5, 5.41) is 0. The summed E-state index contributed by atoms with van der Waals surface area (Å²) in [5.74, 6) is 0.724. The number of hydrogen-bond acceptors (Lipinski definition) is 3. The Morgan fingerprint density at radius 3 is 1.43 bits per heavy atom. The summed E-state index contributed by atoms with van der Waals surface area (Å²) in [6.07, 6.45) is 0. The smallest absolute Gasteiger partial charge is 0.160 e. The van der Waals surface area contributed by atoms with Gasteiger partial charge in [0.05, 0.1) is 28.2 Å². The second-order valence-electron chi connectivity index (χ2n) is 18.1. The van der Waals surface area contributed by atoms with Crippen molar-refractivity contribution in [3.63, 3.8) is 0 Å². The number of benzene rings is 9. The van der Waals surface area contributed by atoms with Gasteiger partial charge in [0.2, 0.25) is 0 Å². The second kappa shape index (κ2) is 14.2. The van der Waals surface area contributed by atoms with Crippen LogP contribution < -0.4 is 4.90 Å². The largest absolute Gasteiger partial charge is 0.310 e. The normalized spacial score (nSPS) is 14.2. The van der Waals surface area contributed by atoms with Crippen LogP contribution in [-0.2, 0) is 10.8 Å². The molecule has 1 aliphatic heterocycles. The quantitative estimate of drug-likeness (QED) is 0.173. The Bertz CT molecular complexity index is 3470. The lowest BCUT2D eigenvalue weighted by Crippen LogP contribution is -2.36. The Hall–Kier alpha value is -8.14. The molecule has 0 N–H and O–H groups in total. The van der Waals surface area contributed by atoms with Gasteiger partial charge in [-0.05, 0) is 109 Å². The number of rotatable bonds is 5. The van der Waals surface area contributed by atoms with Gasteiger partial charge in [-0.15, -0.1) is 0 Å². The summed E-state index contributed by atoms with van der Waals surface area (Å²) in [6, 6.07) is 82.0. The molecule has 0 saturated heterocycles. The third-order valence-corrected chi connectivity index (χ3v) is 14.3. The molecule has 0 fully saturated rings. The summed E-state index contributed by atoms with van der Waals surface area (Å²) in [4.78, 5) is 13.0. The fraction of sp³-hybridized carbons (Fsp3) is 0.0645. The van der Waals surface area contributed by atoms with E-state index in [-0.39, 0.29) is 5.41 Å². The lowest BCUT2D eigenvalue weighted by Gasteiger charge is -2.45. The van der Waals surface area contributed by atoms with E-state index in [0.717, 1.165) is 45.2 Å². The van der Waals surface area contributed by atoms with Gasteiger partial charge in [0.1, 0.15) is 0 Å². The number of nitrogens with zero attached hydrogens (tertiary/aromatic N) is 3. The van der Waals surface area contributed by atoms with Crippen molar-refractivity contribution >= 4 is 17.1 Å². The molecule has 3 aliphatic rings. The minimum absolute atomic E-state index is 0.121. The number of para-hydroxylation sites is 3. The number of aromatic nitrogens is 2. The molecule has 1 aromatic heterocycles. The minimum atomic E-state index is -0.513. The monoisotopic (exact) mass is 829 g/mol. The number of hydrogen-bond donors (Lipinski definition) is 0. The Labute approximate surface area is 380 Å². The minimum Gasteiger partial charge on any atom is -0.310 e. The zero-order valence-corrected chi connectivity index (χ0v) is 36.2. The van der Waals surface area contributed by atoms with Gasteiger partial charge in [0.25, 0.3) is 0 Å². The van der Waals surface area contributed by atoms with E-state index in [1.54, 1.807) is 0 Å². The maximum absolute atomic E-state index is 5.31. The highest BCUT2D eigenvalue weighted by Crippen LogP contribution is 2.63. The van der Waals surface area contributed by atoms with Gasteiger partial charge in [-0.25, -0.2) is 9.97 Å². The Morgan fingerprint density at radius 1 is 0.323 bits per heavy atom. The molecule has 65 heavy (non-hydrogen) atoms. The molecule has 9 aromatic carbocycles. The first-order valence-electron chi connectivity index (χ1n) is 22.6. The van der Waals surface area contributed by atoms with E-state index in [4.69, 9.17) is 9.97 Å². The van der Waals surface area contributed by atoms with Crippen LogP contribution in [0, 0.1) is 0 Å². The first kappa shape index (κ1) is 37.4. The van der Waals surface area contributed by atoms with Crippen molar-refractivity contribution in [2.75, 3.05) is 4.90 Å². The van der Waals surface area contributed by atoms with Gasteiger partial charge in [-0.3, -0.25) is 0 Å². The van der Waals surface area contributed by atoms with E-state index in [9.17, 15) is 0 Å². The Kier molecular flexibility index (Phi) is 8.17. The third-order valence-electron chi connectivity index (χ3n) is 14.3. The Morgan fingerprint density at radius 2 is 0.769 bits per heavy atom. The molecule has 306 valence electrons. The SMILES string of the molecule is CC1(C)c2ccccc2-c2ccc(-c3nc(-c4ccccc4)cc(-c4ccc(-c5ccc6c(c5)C5(c7ccccc7-6)c6ccccc6N(c6ccccc6)c6ccccc65)cc4)n3)cc21. The predicted molar refractivity (Wildman–Crippen MR) is 267 cm³/mol. The maximum Gasteiger partial charge on any atom is 0.160 e.